The summed E-state index contributed by atoms with van der Waals surface area (Å²) in [4.78, 5) is 9.07. The molecule has 17 heavy (non-hydrogen) atoms. The van der Waals surface area contributed by atoms with Crippen LogP contribution < -0.4 is 5.73 Å². The first-order valence-corrected chi connectivity index (χ1v) is 6.20. The number of aryl methyl sites for hydroxylation is 1. The molecule has 1 aromatic rings. The Morgan fingerprint density at radius 1 is 1.29 bits per heavy atom. The highest BCUT2D eigenvalue weighted by atomic mass is 16.5. The summed E-state index contributed by atoms with van der Waals surface area (Å²) in [6.45, 7) is 6.22. The van der Waals surface area contributed by atoms with Gasteiger partial charge < -0.3 is 10.5 Å². The van der Waals surface area contributed by atoms with Gasteiger partial charge in [-0.25, -0.2) is 9.97 Å². The number of nitrogens with zero attached hydrogens (tertiary/aromatic N) is 2. The lowest BCUT2D eigenvalue weighted by Crippen LogP contribution is -2.38. The molecule has 0 spiro atoms. The van der Waals surface area contributed by atoms with E-state index in [1.165, 1.54) is 6.42 Å². The van der Waals surface area contributed by atoms with Crippen molar-refractivity contribution in [2.45, 2.75) is 51.6 Å². The number of hydrogen-bond acceptors (Lipinski definition) is 4. The first kappa shape index (κ1) is 12.3. The standard InChI is InChI=1S/C13H21N3O/c1-8(2)10-9(3)15-12(16-11(10)14)13(17-4)6-5-7-13/h8H,5-7H2,1-4H3,(H2,14,15,16). The van der Waals surface area contributed by atoms with Gasteiger partial charge in [0, 0.05) is 18.4 Å². The molecule has 0 unspecified atom stereocenters. The molecular formula is C13H21N3O. The molecule has 0 amide bonds. The maximum Gasteiger partial charge on any atom is 0.162 e. The number of anilines is 1. The van der Waals surface area contributed by atoms with Crippen molar-refractivity contribution >= 4 is 5.82 Å². The third kappa shape index (κ3) is 1.90. The van der Waals surface area contributed by atoms with Gasteiger partial charge in [-0.15, -0.1) is 0 Å². The van der Waals surface area contributed by atoms with Crippen LogP contribution in [-0.2, 0) is 10.3 Å². The Bertz CT molecular complexity index is 396. The van der Waals surface area contributed by atoms with E-state index in [4.69, 9.17) is 10.5 Å². The molecule has 1 aliphatic carbocycles. The zero-order valence-corrected chi connectivity index (χ0v) is 11.1. The first-order valence-electron chi connectivity index (χ1n) is 6.20. The Balaban J connectivity index is 2.45. The fourth-order valence-electron chi connectivity index (χ4n) is 2.54. The van der Waals surface area contributed by atoms with Crippen LogP contribution in [0.2, 0.25) is 0 Å². The van der Waals surface area contributed by atoms with Crippen LogP contribution in [0.1, 0.15) is 56.1 Å². The van der Waals surface area contributed by atoms with E-state index in [0.29, 0.717) is 11.7 Å². The fourth-order valence-corrected chi connectivity index (χ4v) is 2.54. The van der Waals surface area contributed by atoms with Crippen molar-refractivity contribution in [3.63, 3.8) is 0 Å². The maximum atomic E-state index is 6.05. The smallest absolute Gasteiger partial charge is 0.162 e. The maximum absolute atomic E-state index is 6.05. The second-order valence-corrected chi connectivity index (χ2v) is 5.14. The molecule has 4 heteroatoms. The quantitative estimate of drug-likeness (QED) is 0.874. The Kier molecular flexibility index (Phi) is 3.08. The molecule has 94 valence electrons. The second-order valence-electron chi connectivity index (χ2n) is 5.14. The molecule has 1 aromatic heterocycles. The molecule has 0 bridgehead atoms. The van der Waals surface area contributed by atoms with Crippen LogP contribution in [0.25, 0.3) is 0 Å². The molecule has 1 aliphatic rings. The summed E-state index contributed by atoms with van der Waals surface area (Å²) >= 11 is 0. The zero-order chi connectivity index (χ0) is 12.6. The van der Waals surface area contributed by atoms with Crippen molar-refractivity contribution in [3.05, 3.63) is 17.1 Å². The summed E-state index contributed by atoms with van der Waals surface area (Å²) in [5.41, 5.74) is 7.80. The van der Waals surface area contributed by atoms with Crippen molar-refractivity contribution in [1.29, 1.82) is 0 Å². The topological polar surface area (TPSA) is 61.0 Å². The highest BCUT2D eigenvalue weighted by Gasteiger charge is 2.42. The monoisotopic (exact) mass is 235 g/mol. The second kappa shape index (κ2) is 4.26. The zero-order valence-electron chi connectivity index (χ0n) is 11.1. The largest absolute Gasteiger partial charge is 0.383 e. The lowest BCUT2D eigenvalue weighted by molar-refractivity contribution is -0.0846. The SMILES string of the molecule is COC1(c2nc(C)c(C(C)C)c(N)n2)CCC1. The lowest BCUT2D eigenvalue weighted by atomic mass is 9.79. The van der Waals surface area contributed by atoms with Crippen molar-refractivity contribution in [2.75, 3.05) is 12.8 Å². The average molecular weight is 235 g/mol. The Morgan fingerprint density at radius 3 is 2.29 bits per heavy atom. The molecule has 0 atom stereocenters. The van der Waals surface area contributed by atoms with Crippen LogP contribution in [0, 0.1) is 6.92 Å². The molecule has 2 N–H and O–H groups in total. The van der Waals surface area contributed by atoms with Crippen LogP contribution in [0.4, 0.5) is 5.82 Å². The van der Waals surface area contributed by atoms with Gasteiger partial charge in [-0.05, 0) is 32.1 Å². The van der Waals surface area contributed by atoms with Crippen LogP contribution in [0.3, 0.4) is 0 Å². The number of aromatic nitrogens is 2. The average Bonchev–Trinajstić information content (AvgIpc) is 2.14. The van der Waals surface area contributed by atoms with Gasteiger partial charge in [0.2, 0.25) is 0 Å². The minimum atomic E-state index is -0.283. The van der Waals surface area contributed by atoms with E-state index in [-0.39, 0.29) is 5.60 Å². The molecule has 0 saturated heterocycles. The minimum absolute atomic E-state index is 0.283. The van der Waals surface area contributed by atoms with Gasteiger partial charge >= 0.3 is 0 Å². The summed E-state index contributed by atoms with van der Waals surface area (Å²) in [5.74, 6) is 1.71. The number of hydrogen-bond donors (Lipinski definition) is 1. The van der Waals surface area contributed by atoms with E-state index in [1.807, 2.05) is 6.92 Å². The predicted octanol–water partition coefficient (Wildman–Crippen LogP) is 2.52. The minimum Gasteiger partial charge on any atom is -0.383 e. The van der Waals surface area contributed by atoms with Crippen LogP contribution >= 0.6 is 0 Å². The fraction of sp³-hybridized carbons (Fsp3) is 0.692. The normalized spacial score (nSPS) is 18.2. The van der Waals surface area contributed by atoms with Gasteiger partial charge in [-0.2, -0.15) is 0 Å². The van der Waals surface area contributed by atoms with Gasteiger partial charge in [0.15, 0.2) is 5.82 Å². The van der Waals surface area contributed by atoms with E-state index >= 15 is 0 Å². The summed E-state index contributed by atoms with van der Waals surface area (Å²) in [6.07, 6.45) is 3.15. The van der Waals surface area contributed by atoms with Crippen LogP contribution in [-0.4, -0.2) is 17.1 Å². The van der Waals surface area contributed by atoms with E-state index in [9.17, 15) is 0 Å². The van der Waals surface area contributed by atoms with Crippen LogP contribution in [0.15, 0.2) is 0 Å². The van der Waals surface area contributed by atoms with E-state index in [1.54, 1.807) is 7.11 Å². The Labute approximate surface area is 103 Å². The molecule has 1 heterocycles. The molecule has 1 saturated carbocycles. The molecule has 1 fully saturated rings. The van der Waals surface area contributed by atoms with Gasteiger partial charge in [0.25, 0.3) is 0 Å². The van der Waals surface area contributed by atoms with E-state index in [0.717, 1.165) is 29.9 Å². The number of nitrogen functional groups attached to an aromatic ring is 1. The highest BCUT2D eigenvalue weighted by Crippen LogP contribution is 2.43. The van der Waals surface area contributed by atoms with E-state index < -0.39 is 0 Å². The molecule has 0 aliphatic heterocycles. The number of rotatable bonds is 3. The van der Waals surface area contributed by atoms with Gasteiger partial charge in [-0.1, -0.05) is 13.8 Å². The molecule has 2 rings (SSSR count). The molecular weight excluding hydrogens is 214 g/mol. The summed E-state index contributed by atoms with van der Waals surface area (Å²) in [6, 6.07) is 0. The van der Waals surface area contributed by atoms with E-state index in [2.05, 4.69) is 23.8 Å². The van der Waals surface area contributed by atoms with Crippen molar-refractivity contribution < 1.29 is 4.74 Å². The van der Waals surface area contributed by atoms with Crippen molar-refractivity contribution in [2.24, 2.45) is 0 Å². The third-order valence-electron chi connectivity index (χ3n) is 3.70. The van der Waals surface area contributed by atoms with Gasteiger partial charge in [0.1, 0.15) is 11.4 Å². The Hall–Kier alpha value is -1.16. The lowest BCUT2D eigenvalue weighted by Gasteiger charge is -2.39. The van der Waals surface area contributed by atoms with Crippen molar-refractivity contribution in [1.82, 2.24) is 9.97 Å². The number of nitrogens with two attached hydrogens (primary N) is 1. The summed E-state index contributed by atoms with van der Waals surface area (Å²) < 4.78 is 5.59. The predicted molar refractivity (Wildman–Crippen MR) is 67.8 cm³/mol. The number of ether oxygens (including phenoxy) is 1. The first-order chi connectivity index (χ1) is 8.00. The van der Waals surface area contributed by atoms with Crippen molar-refractivity contribution in [3.8, 4) is 0 Å². The summed E-state index contributed by atoms with van der Waals surface area (Å²) in [5, 5.41) is 0. The van der Waals surface area contributed by atoms with Gasteiger partial charge in [0.05, 0.1) is 0 Å². The molecule has 4 nitrogen and oxygen atoms in total. The Morgan fingerprint density at radius 2 is 1.94 bits per heavy atom. The molecule has 0 aromatic carbocycles. The summed E-state index contributed by atoms with van der Waals surface area (Å²) in [7, 11) is 1.73. The third-order valence-corrected chi connectivity index (χ3v) is 3.70. The van der Waals surface area contributed by atoms with Crippen LogP contribution in [0.5, 0.6) is 0 Å². The number of methoxy groups -OCH3 is 1. The highest BCUT2D eigenvalue weighted by molar-refractivity contribution is 5.44. The van der Waals surface area contributed by atoms with Gasteiger partial charge in [-0.3, -0.25) is 0 Å². The molecule has 0 radical (unpaired) electrons.